The molecule has 0 fully saturated rings. The fraction of sp³-hybridized carbons (Fsp3) is 0.273. The summed E-state index contributed by atoms with van der Waals surface area (Å²) in [6, 6.07) is 4.53. The van der Waals surface area contributed by atoms with E-state index in [0.29, 0.717) is 12.0 Å². The maximum absolute atomic E-state index is 11.0. The van der Waals surface area contributed by atoms with Crippen molar-refractivity contribution in [3.63, 3.8) is 0 Å². The number of aryl methyl sites for hydroxylation is 1. The first-order valence-electron chi connectivity index (χ1n) is 4.66. The Morgan fingerprint density at radius 2 is 1.87 bits per heavy atom. The molecule has 0 bridgehead atoms. The van der Waals surface area contributed by atoms with E-state index in [1.54, 1.807) is 12.1 Å². The fourth-order valence-corrected chi connectivity index (χ4v) is 1.51. The van der Waals surface area contributed by atoms with Crippen LogP contribution >= 0.6 is 0 Å². The van der Waals surface area contributed by atoms with Crippen molar-refractivity contribution in [2.24, 2.45) is 0 Å². The Morgan fingerprint density at radius 3 is 2.33 bits per heavy atom. The number of hydrogen-bond acceptors (Lipinski definition) is 2. The van der Waals surface area contributed by atoms with Crippen LogP contribution in [-0.2, 0) is 6.42 Å². The third-order valence-corrected chi connectivity index (χ3v) is 2.11. The summed E-state index contributed by atoms with van der Waals surface area (Å²) in [6.45, 7) is 1.92. The van der Waals surface area contributed by atoms with E-state index < -0.39 is 11.9 Å². The maximum atomic E-state index is 11.0. The minimum atomic E-state index is -1.20. The average Bonchev–Trinajstić information content (AvgIpc) is 2.17. The Bertz CT molecular complexity index is 396. The molecule has 0 aliphatic rings. The lowest BCUT2D eigenvalue weighted by Crippen LogP contribution is -2.11. The second-order valence-electron chi connectivity index (χ2n) is 3.20. The number of carbonyl (C=O) groups is 2. The lowest BCUT2D eigenvalue weighted by atomic mass is 9.98. The summed E-state index contributed by atoms with van der Waals surface area (Å²) >= 11 is 0. The van der Waals surface area contributed by atoms with E-state index in [9.17, 15) is 9.59 Å². The van der Waals surface area contributed by atoms with Gasteiger partial charge in [0.25, 0.3) is 0 Å². The summed E-state index contributed by atoms with van der Waals surface area (Å²) < 4.78 is 0. The van der Waals surface area contributed by atoms with Gasteiger partial charge in [-0.3, -0.25) is 0 Å². The van der Waals surface area contributed by atoms with E-state index in [1.165, 1.54) is 6.07 Å². The zero-order chi connectivity index (χ0) is 11.4. The molecule has 1 rings (SSSR count). The van der Waals surface area contributed by atoms with Crippen LogP contribution < -0.4 is 0 Å². The third kappa shape index (κ3) is 2.34. The van der Waals surface area contributed by atoms with Gasteiger partial charge in [-0.15, -0.1) is 0 Å². The molecule has 0 saturated carbocycles. The van der Waals surface area contributed by atoms with Gasteiger partial charge >= 0.3 is 11.9 Å². The molecule has 80 valence electrons. The second kappa shape index (κ2) is 4.59. The Labute approximate surface area is 87.2 Å². The highest BCUT2D eigenvalue weighted by molar-refractivity contribution is 6.02. The van der Waals surface area contributed by atoms with Crippen LogP contribution in [-0.4, -0.2) is 22.2 Å². The lowest BCUT2D eigenvalue weighted by Gasteiger charge is -2.07. The Morgan fingerprint density at radius 1 is 1.20 bits per heavy atom. The molecular formula is C11H12O4. The van der Waals surface area contributed by atoms with Gasteiger partial charge in [0, 0.05) is 0 Å². The van der Waals surface area contributed by atoms with Crippen LogP contribution in [0, 0.1) is 0 Å². The van der Waals surface area contributed by atoms with Crippen molar-refractivity contribution in [1.82, 2.24) is 0 Å². The van der Waals surface area contributed by atoms with Crippen molar-refractivity contribution in [3.8, 4) is 0 Å². The second-order valence-corrected chi connectivity index (χ2v) is 3.20. The van der Waals surface area contributed by atoms with Crippen molar-refractivity contribution in [3.05, 3.63) is 34.9 Å². The first kappa shape index (κ1) is 11.2. The number of rotatable bonds is 4. The molecule has 4 heteroatoms. The Balaban J connectivity index is 3.34. The number of aromatic carboxylic acids is 2. The van der Waals surface area contributed by atoms with Gasteiger partial charge in [-0.25, -0.2) is 9.59 Å². The molecule has 0 aliphatic carbocycles. The van der Waals surface area contributed by atoms with E-state index in [1.807, 2.05) is 6.92 Å². The minimum Gasteiger partial charge on any atom is -0.478 e. The molecule has 2 N–H and O–H groups in total. The van der Waals surface area contributed by atoms with Crippen molar-refractivity contribution in [2.75, 3.05) is 0 Å². The summed E-state index contributed by atoms with van der Waals surface area (Å²) in [5.41, 5.74) is 0.338. The Hall–Kier alpha value is -1.84. The van der Waals surface area contributed by atoms with Crippen LogP contribution in [0.25, 0.3) is 0 Å². The lowest BCUT2D eigenvalue weighted by molar-refractivity contribution is 0.0650. The molecule has 0 amide bonds. The Kier molecular flexibility index (Phi) is 3.44. The molecule has 0 heterocycles. The molecule has 0 spiro atoms. The van der Waals surface area contributed by atoms with Crippen molar-refractivity contribution in [2.45, 2.75) is 19.8 Å². The van der Waals surface area contributed by atoms with Crippen LogP contribution in [0.4, 0.5) is 0 Å². The van der Waals surface area contributed by atoms with E-state index in [4.69, 9.17) is 10.2 Å². The quantitative estimate of drug-likeness (QED) is 0.793. The van der Waals surface area contributed by atoms with Crippen LogP contribution in [0.15, 0.2) is 18.2 Å². The van der Waals surface area contributed by atoms with Gasteiger partial charge in [-0.1, -0.05) is 25.5 Å². The zero-order valence-electron chi connectivity index (χ0n) is 8.36. The van der Waals surface area contributed by atoms with Crippen LogP contribution in [0.1, 0.15) is 39.6 Å². The topological polar surface area (TPSA) is 74.6 Å². The van der Waals surface area contributed by atoms with Crippen LogP contribution in [0.3, 0.4) is 0 Å². The molecule has 0 aliphatic heterocycles. The standard InChI is InChI=1S/C11H12O4/c1-2-4-7-5-3-6-8(10(12)13)9(7)11(14)15/h3,5-6H,2,4H2,1H3,(H,12,13)(H,14,15). The number of benzene rings is 1. The average molecular weight is 208 g/mol. The molecule has 4 nitrogen and oxygen atoms in total. The van der Waals surface area contributed by atoms with Gasteiger partial charge in [0.15, 0.2) is 0 Å². The van der Waals surface area contributed by atoms with Gasteiger partial charge in [0.05, 0.1) is 11.1 Å². The highest BCUT2D eigenvalue weighted by atomic mass is 16.4. The zero-order valence-corrected chi connectivity index (χ0v) is 8.36. The molecule has 0 radical (unpaired) electrons. The van der Waals surface area contributed by atoms with Crippen molar-refractivity contribution in [1.29, 1.82) is 0 Å². The first-order chi connectivity index (χ1) is 7.07. The van der Waals surface area contributed by atoms with Crippen LogP contribution in [0.5, 0.6) is 0 Å². The monoisotopic (exact) mass is 208 g/mol. The van der Waals surface area contributed by atoms with Gasteiger partial charge in [-0.2, -0.15) is 0 Å². The highest BCUT2D eigenvalue weighted by Gasteiger charge is 2.18. The summed E-state index contributed by atoms with van der Waals surface area (Å²) in [4.78, 5) is 21.8. The molecule has 0 saturated heterocycles. The van der Waals surface area contributed by atoms with Gasteiger partial charge in [0.1, 0.15) is 0 Å². The SMILES string of the molecule is CCCc1cccc(C(=O)O)c1C(=O)O. The van der Waals surface area contributed by atoms with Gasteiger partial charge in [-0.05, 0) is 18.1 Å². The number of carboxylic acids is 2. The van der Waals surface area contributed by atoms with E-state index >= 15 is 0 Å². The molecule has 15 heavy (non-hydrogen) atoms. The smallest absolute Gasteiger partial charge is 0.336 e. The summed E-state index contributed by atoms with van der Waals surface area (Å²) in [7, 11) is 0. The third-order valence-electron chi connectivity index (χ3n) is 2.11. The van der Waals surface area contributed by atoms with Crippen molar-refractivity contribution >= 4 is 11.9 Å². The summed E-state index contributed by atoms with van der Waals surface area (Å²) in [6.07, 6.45) is 1.35. The summed E-state index contributed by atoms with van der Waals surface area (Å²) in [5, 5.41) is 17.8. The van der Waals surface area contributed by atoms with Gasteiger partial charge < -0.3 is 10.2 Å². The summed E-state index contributed by atoms with van der Waals surface area (Å²) in [5.74, 6) is -2.39. The normalized spacial score (nSPS) is 9.93. The van der Waals surface area contributed by atoms with E-state index in [-0.39, 0.29) is 11.1 Å². The predicted molar refractivity (Wildman–Crippen MR) is 54.4 cm³/mol. The molecule has 0 atom stereocenters. The molecule has 1 aromatic rings. The molecular weight excluding hydrogens is 196 g/mol. The largest absolute Gasteiger partial charge is 0.478 e. The highest BCUT2D eigenvalue weighted by Crippen LogP contribution is 2.16. The number of carboxylic acid groups (broad SMARTS) is 2. The van der Waals surface area contributed by atoms with Crippen molar-refractivity contribution < 1.29 is 19.8 Å². The van der Waals surface area contributed by atoms with Crippen LogP contribution in [0.2, 0.25) is 0 Å². The molecule has 0 unspecified atom stereocenters. The number of hydrogen-bond donors (Lipinski definition) is 2. The first-order valence-corrected chi connectivity index (χ1v) is 4.66. The molecule has 1 aromatic carbocycles. The van der Waals surface area contributed by atoms with Gasteiger partial charge in [0.2, 0.25) is 0 Å². The maximum Gasteiger partial charge on any atom is 0.336 e. The predicted octanol–water partition coefficient (Wildman–Crippen LogP) is 2.04. The van der Waals surface area contributed by atoms with E-state index in [0.717, 1.165) is 6.42 Å². The fourth-order valence-electron chi connectivity index (χ4n) is 1.51. The minimum absolute atomic E-state index is 0.0909. The van der Waals surface area contributed by atoms with E-state index in [2.05, 4.69) is 0 Å². The molecule has 0 aromatic heterocycles.